The Bertz CT molecular complexity index is 596. The lowest BCUT2D eigenvalue weighted by Gasteiger charge is -2.09. The highest BCUT2D eigenvalue weighted by molar-refractivity contribution is 6.31. The normalized spacial score (nSPS) is 10.2. The van der Waals surface area contributed by atoms with E-state index in [4.69, 9.17) is 21.1 Å². The summed E-state index contributed by atoms with van der Waals surface area (Å²) in [5.74, 6) is 0.165. The summed E-state index contributed by atoms with van der Waals surface area (Å²) >= 11 is 6.00. The maximum absolute atomic E-state index is 12.1. The van der Waals surface area contributed by atoms with Crippen molar-refractivity contribution in [3.8, 4) is 5.75 Å². The third-order valence-corrected chi connectivity index (χ3v) is 3.01. The molecule has 0 aromatic heterocycles. The molecule has 0 bridgehead atoms. The van der Waals surface area contributed by atoms with E-state index < -0.39 is 5.97 Å². The predicted molar refractivity (Wildman–Crippen MR) is 82.8 cm³/mol. The Kier molecular flexibility index (Phi) is 5.64. The molecule has 3 nitrogen and oxygen atoms in total. The van der Waals surface area contributed by atoms with Gasteiger partial charge < -0.3 is 9.47 Å². The Hall–Kier alpha value is -2.00. The Morgan fingerprint density at radius 2 is 1.90 bits per heavy atom. The van der Waals surface area contributed by atoms with Gasteiger partial charge in [0.25, 0.3) is 0 Å². The molecule has 2 rings (SSSR count). The van der Waals surface area contributed by atoms with Crippen LogP contribution in [0, 0.1) is 0 Å². The van der Waals surface area contributed by atoms with Gasteiger partial charge in [0.05, 0.1) is 12.2 Å². The third kappa shape index (κ3) is 4.80. The van der Waals surface area contributed by atoms with Crippen molar-refractivity contribution < 1.29 is 14.3 Å². The first-order valence-electron chi connectivity index (χ1n) is 6.83. The number of carbonyl (C=O) groups is 1. The zero-order chi connectivity index (χ0) is 15.1. The van der Waals surface area contributed by atoms with Crippen LogP contribution < -0.4 is 4.74 Å². The van der Waals surface area contributed by atoms with Gasteiger partial charge in [-0.3, -0.25) is 0 Å². The minimum atomic E-state index is -0.414. The van der Waals surface area contributed by atoms with Crippen LogP contribution in [0.15, 0.2) is 48.5 Å². The topological polar surface area (TPSA) is 35.5 Å². The number of ether oxygens (including phenoxy) is 2. The Balaban J connectivity index is 2.03. The van der Waals surface area contributed by atoms with E-state index in [0.29, 0.717) is 22.9 Å². The molecular weight excluding hydrogens is 288 g/mol. The van der Waals surface area contributed by atoms with Crippen LogP contribution in [0.3, 0.4) is 0 Å². The van der Waals surface area contributed by atoms with Crippen LogP contribution in [0.1, 0.15) is 29.3 Å². The molecule has 0 N–H and O–H groups in total. The van der Waals surface area contributed by atoms with Gasteiger partial charge in [0.15, 0.2) is 0 Å². The van der Waals surface area contributed by atoms with Crippen LogP contribution in [-0.4, -0.2) is 12.6 Å². The number of halogens is 1. The fraction of sp³-hybridized carbons (Fsp3) is 0.235. The molecule has 0 aliphatic carbocycles. The highest BCUT2D eigenvalue weighted by Gasteiger charge is 2.10. The number of hydrogen-bond donors (Lipinski definition) is 0. The molecule has 0 unspecified atom stereocenters. The molecule has 0 fully saturated rings. The lowest BCUT2D eigenvalue weighted by atomic mass is 10.2. The number of benzene rings is 2. The van der Waals surface area contributed by atoms with Crippen molar-refractivity contribution in [2.75, 3.05) is 6.61 Å². The molecule has 110 valence electrons. The van der Waals surface area contributed by atoms with Crippen molar-refractivity contribution in [1.29, 1.82) is 0 Å². The summed E-state index contributed by atoms with van der Waals surface area (Å²) in [5, 5.41) is 0.454. The van der Waals surface area contributed by atoms with Crippen molar-refractivity contribution in [2.45, 2.75) is 20.0 Å². The van der Waals surface area contributed by atoms with Crippen molar-refractivity contribution in [1.82, 2.24) is 0 Å². The van der Waals surface area contributed by atoms with Crippen LogP contribution in [0.4, 0.5) is 0 Å². The molecule has 0 aliphatic rings. The van der Waals surface area contributed by atoms with E-state index in [9.17, 15) is 4.79 Å². The van der Waals surface area contributed by atoms with E-state index in [2.05, 4.69) is 0 Å². The van der Waals surface area contributed by atoms with Gasteiger partial charge in [0.1, 0.15) is 12.4 Å². The largest absolute Gasteiger partial charge is 0.494 e. The van der Waals surface area contributed by atoms with E-state index in [1.807, 2.05) is 37.3 Å². The molecule has 2 aromatic rings. The standard InChI is InChI=1S/C17H17ClO3/c1-2-8-20-16-10-14(9-15(18)11-16)17(19)21-12-13-6-4-3-5-7-13/h3-7,9-11H,2,8,12H2,1H3. The maximum Gasteiger partial charge on any atom is 0.338 e. The Labute approximate surface area is 129 Å². The number of hydrogen-bond acceptors (Lipinski definition) is 3. The van der Waals surface area contributed by atoms with Crippen LogP contribution in [0.5, 0.6) is 5.75 Å². The first-order chi connectivity index (χ1) is 10.2. The first-order valence-corrected chi connectivity index (χ1v) is 7.21. The zero-order valence-corrected chi connectivity index (χ0v) is 12.6. The summed E-state index contributed by atoms with van der Waals surface area (Å²) in [5.41, 5.74) is 1.33. The lowest BCUT2D eigenvalue weighted by molar-refractivity contribution is 0.0472. The highest BCUT2D eigenvalue weighted by Crippen LogP contribution is 2.22. The minimum absolute atomic E-state index is 0.233. The fourth-order valence-electron chi connectivity index (χ4n) is 1.79. The quantitative estimate of drug-likeness (QED) is 0.738. The third-order valence-electron chi connectivity index (χ3n) is 2.79. The van der Waals surface area contributed by atoms with Gasteiger partial charge in [-0.2, -0.15) is 0 Å². The SMILES string of the molecule is CCCOc1cc(Cl)cc(C(=O)OCc2ccccc2)c1. The summed E-state index contributed by atoms with van der Waals surface area (Å²) in [6.45, 7) is 2.83. The predicted octanol–water partition coefficient (Wildman–Crippen LogP) is 4.49. The van der Waals surface area contributed by atoms with Crippen LogP contribution in [-0.2, 0) is 11.3 Å². The van der Waals surface area contributed by atoms with E-state index >= 15 is 0 Å². The fourth-order valence-corrected chi connectivity index (χ4v) is 2.02. The zero-order valence-electron chi connectivity index (χ0n) is 11.8. The molecule has 0 spiro atoms. The summed E-state index contributed by atoms with van der Waals surface area (Å²) in [7, 11) is 0. The first kappa shape index (κ1) is 15.4. The summed E-state index contributed by atoms with van der Waals surface area (Å²) < 4.78 is 10.8. The average Bonchev–Trinajstić information content (AvgIpc) is 2.51. The average molecular weight is 305 g/mol. The van der Waals surface area contributed by atoms with Gasteiger partial charge in [0.2, 0.25) is 0 Å². The molecule has 21 heavy (non-hydrogen) atoms. The summed E-state index contributed by atoms with van der Waals surface area (Å²) in [6.07, 6.45) is 0.889. The number of carbonyl (C=O) groups excluding carboxylic acids is 1. The second-order valence-corrected chi connectivity index (χ2v) is 5.02. The second kappa shape index (κ2) is 7.70. The lowest BCUT2D eigenvalue weighted by Crippen LogP contribution is -2.06. The van der Waals surface area contributed by atoms with Crippen LogP contribution >= 0.6 is 11.6 Å². The van der Waals surface area contributed by atoms with Gasteiger partial charge in [-0.15, -0.1) is 0 Å². The minimum Gasteiger partial charge on any atom is -0.494 e. The van der Waals surface area contributed by atoms with E-state index in [-0.39, 0.29) is 6.61 Å². The molecule has 0 amide bonds. The van der Waals surface area contributed by atoms with Gasteiger partial charge in [-0.05, 0) is 30.2 Å². The van der Waals surface area contributed by atoms with Crippen molar-refractivity contribution in [3.63, 3.8) is 0 Å². The number of rotatable bonds is 6. The molecule has 0 radical (unpaired) electrons. The van der Waals surface area contributed by atoms with Gasteiger partial charge in [0, 0.05) is 5.02 Å². The van der Waals surface area contributed by atoms with Gasteiger partial charge in [-0.25, -0.2) is 4.79 Å². The number of esters is 1. The smallest absolute Gasteiger partial charge is 0.338 e. The molecule has 0 aliphatic heterocycles. The van der Waals surface area contributed by atoms with Crippen molar-refractivity contribution in [2.24, 2.45) is 0 Å². The molecule has 0 atom stereocenters. The monoisotopic (exact) mass is 304 g/mol. The summed E-state index contributed by atoms with van der Waals surface area (Å²) in [6, 6.07) is 14.4. The molecular formula is C17H17ClO3. The van der Waals surface area contributed by atoms with Crippen molar-refractivity contribution >= 4 is 17.6 Å². The van der Waals surface area contributed by atoms with Crippen molar-refractivity contribution in [3.05, 3.63) is 64.7 Å². The molecule has 4 heteroatoms. The molecule has 0 saturated heterocycles. The molecule has 0 saturated carbocycles. The molecule has 2 aromatic carbocycles. The second-order valence-electron chi connectivity index (χ2n) is 4.59. The van der Waals surface area contributed by atoms with Gasteiger partial charge in [-0.1, -0.05) is 48.9 Å². The molecule has 0 heterocycles. The van der Waals surface area contributed by atoms with E-state index in [1.165, 1.54) is 0 Å². The van der Waals surface area contributed by atoms with Crippen LogP contribution in [0.2, 0.25) is 5.02 Å². The van der Waals surface area contributed by atoms with Gasteiger partial charge >= 0.3 is 5.97 Å². The maximum atomic E-state index is 12.1. The van der Waals surface area contributed by atoms with Crippen LogP contribution in [0.25, 0.3) is 0 Å². The van der Waals surface area contributed by atoms with E-state index in [1.54, 1.807) is 18.2 Å². The Morgan fingerprint density at radius 1 is 1.14 bits per heavy atom. The van der Waals surface area contributed by atoms with E-state index in [0.717, 1.165) is 12.0 Å². The summed E-state index contributed by atoms with van der Waals surface area (Å²) in [4.78, 5) is 12.1. The Morgan fingerprint density at radius 3 is 2.62 bits per heavy atom. The highest BCUT2D eigenvalue weighted by atomic mass is 35.5.